The van der Waals surface area contributed by atoms with Crippen molar-refractivity contribution in [1.29, 1.82) is 0 Å². The topological polar surface area (TPSA) is 78.1 Å². The molecule has 0 radical (unpaired) electrons. The maximum Gasteiger partial charge on any atom is -0.00462 e. The molecule has 0 aromatic rings. The Kier molecular flexibility index (Phi) is 5.45. The van der Waals surface area contributed by atoms with Crippen molar-refractivity contribution in [2.45, 2.75) is 32.1 Å². The van der Waals surface area contributed by atoms with Crippen LogP contribution in [0.2, 0.25) is 0 Å². The molecule has 0 heterocycles. The van der Waals surface area contributed by atoms with E-state index < -0.39 is 0 Å². The van der Waals surface area contributed by atoms with Gasteiger partial charge in [0.1, 0.15) is 0 Å². The minimum absolute atomic E-state index is 0.726. The zero-order chi connectivity index (χ0) is 10.4. The van der Waals surface area contributed by atoms with Gasteiger partial charge in [-0.05, 0) is 69.5 Å². The fourth-order valence-corrected chi connectivity index (χ4v) is 2.68. The molecule has 0 spiro atoms. The van der Waals surface area contributed by atoms with E-state index in [9.17, 15) is 0 Å². The van der Waals surface area contributed by atoms with Crippen LogP contribution in [0.3, 0.4) is 0 Å². The molecule has 1 aliphatic carbocycles. The third kappa shape index (κ3) is 3.23. The highest BCUT2D eigenvalue weighted by Crippen LogP contribution is 2.35. The van der Waals surface area contributed by atoms with Gasteiger partial charge in [-0.1, -0.05) is 0 Å². The fraction of sp³-hybridized carbons (Fsp3) is 1.00. The molecule has 1 fully saturated rings. The van der Waals surface area contributed by atoms with Crippen molar-refractivity contribution in [3.63, 3.8) is 0 Å². The molecule has 14 heavy (non-hydrogen) atoms. The van der Waals surface area contributed by atoms with Crippen molar-refractivity contribution in [1.82, 2.24) is 0 Å². The van der Waals surface area contributed by atoms with Gasteiger partial charge >= 0.3 is 0 Å². The first kappa shape index (κ1) is 12.0. The maximum absolute atomic E-state index is 5.79. The standard InChI is InChI=1S/C11H25N3/c12-5-1-2-10-6-9(7-13)3-4-11(10)8-14/h9-11H,1-8,12-14H2. The van der Waals surface area contributed by atoms with Gasteiger partial charge in [0.2, 0.25) is 0 Å². The minimum atomic E-state index is 0.726. The monoisotopic (exact) mass is 199 g/mol. The van der Waals surface area contributed by atoms with E-state index in [4.69, 9.17) is 17.2 Å². The Hall–Kier alpha value is -0.120. The van der Waals surface area contributed by atoms with Crippen LogP contribution < -0.4 is 17.2 Å². The van der Waals surface area contributed by atoms with Crippen molar-refractivity contribution >= 4 is 0 Å². The smallest absolute Gasteiger partial charge is 0.00462 e. The lowest BCUT2D eigenvalue weighted by molar-refractivity contribution is 0.176. The van der Waals surface area contributed by atoms with E-state index in [0.717, 1.165) is 43.8 Å². The molecule has 0 amide bonds. The summed E-state index contributed by atoms with van der Waals surface area (Å²) in [6, 6.07) is 0. The summed E-state index contributed by atoms with van der Waals surface area (Å²) in [5.74, 6) is 2.25. The second-order valence-corrected chi connectivity index (χ2v) is 4.60. The molecule has 0 aromatic heterocycles. The Bertz CT molecular complexity index is 149. The van der Waals surface area contributed by atoms with Crippen molar-refractivity contribution in [2.24, 2.45) is 35.0 Å². The lowest BCUT2D eigenvalue weighted by atomic mass is 9.72. The van der Waals surface area contributed by atoms with Crippen molar-refractivity contribution < 1.29 is 0 Å². The number of hydrogen-bond acceptors (Lipinski definition) is 3. The third-order valence-electron chi connectivity index (χ3n) is 3.66. The molecule has 0 bridgehead atoms. The molecule has 3 nitrogen and oxygen atoms in total. The minimum Gasteiger partial charge on any atom is -0.330 e. The summed E-state index contributed by atoms with van der Waals surface area (Å²) in [6.45, 7) is 2.49. The summed E-state index contributed by atoms with van der Waals surface area (Å²) in [5, 5.41) is 0. The second kappa shape index (κ2) is 6.38. The third-order valence-corrected chi connectivity index (χ3v) is 3.66. The number of nitrogens with two attached hydrogens (primary N) is 3. The van der Waals surface area contributed by atoms with Gasteiger partial charge in [-0.2, -0.15) is 0 Å². The van der Waals surface area contributed by atoms with E-state index >= 15 is 0 Å². The zero-order valence-electron chi connectivity index (χ0n) is 9.12. The predicted octanol–water partition coefficient (Wildman–Crippen LogP) is 0.675. The van der Waals surface area contributed by atoms with Crippen LogP contribution in [-0.4, -0.2) is 19.6 Å². The highest BCUT2D eigenvalue weighted by Gasteiger charge is 2.28. The molecule has 3 unspecified atom stereocenters. The number of hydrogen-bond donors (Lipinski definition) is 3. The maximum atomic E-state index is 5.79. The lowest BCUT2D eigenvalue weighted by Crippen LogP contribution is -2.33. The number of rotatable bonds is 5. The van der Waals surface area contributed by atoms with E-state index in [1.807, 2.05) is 0 Å². The molecule has 3 atom stereocenters. The Morgan fingerprint density at radius 3 is 2.29 bits per heavy atom. The van der Waals surface area contributed by atoms with E-state index in [-0.39, 0.29) is 0 Å². The van der Waals surface area contributed by atoms with Gasteiger partial charge in [0, 0.05) is 0 Å². The predicted molar refractivity (Wildman–Crippen MR) is 60.7 cm³/mol. The van der Waals surface area contributed by atoms with Crippen molar-refractivity contribution in [3.8, 4) is 0 Å². The van der Waals surface area contributed by atoms with E-state index in [0.29, 0.717) is 0 Å². The van der Waals surface area contributed by atoms with Gasteiger partial charge in [0.05, 0.1) is 0 Å². The first-order chi connectivity index (χ1) is 6.81. The van der Waals surface area contributed by atoms with Gasteiger partial charge in [0.15, 0.2) is 0 Å². The van der Waals surface area contributed by atoms with Gasteiger partial charge in [0.25, 0.3) is 0 Å². The normalized spacial score (nSPS) is 33.2. The van der Waals surface area contributed by atoms with E-state index in [2.05, 4.69) is 0 Å². The summed E-state index contributed by atoms with van der Waals surface area (Å²) in [4.78, 5) is 0. The SMILES string of the molecule is NCCCC1CC(CN)CCC1CN. The highest BCUT2D eigenvalue weighted by atomic mass is 14.6. The van der Waals surface area contributed by atoms with Crippen LogP contribution in [0, 0.1) is 17.8 Å². The Labute approximate surface area is 87.4 Å². The van der Waals surface area contributed by atoms with E-state index in [1.165, 1.54) is 25.7 Å². The summed E-state index contributed by atoms with van der Waals surface area (Å²) < 4.78 is 0. The zero-order valence-corrected chi connectivity index (χ0v) is 9.12. The Morgan fingerprint density at radius 1 is 0.929 bits per heavy atom. The fourth-order valence-electron chi connectivity index (χ4n) is 2.68. The molecular weight excluding hydrogens is 174 g/mol. The first-order valence-corrected chi connectivity index (χ1v) is 5.92. The Morgan fingerprint density at radius 2 is 1.71 bits per heavy atom. The first-order valence-electron chi connectivity index (χ1n) is 5.92. The van der Waals surface area contributed by atoms with Crippen molar-refractivity contribution in [2.75, 3.05) is 19.6 Å². The average Bonchev–Trinajstić information content (AvgIpc) is 2.25. The van der Waals surface area contributed by atoms with Crippen LogP contribution in [0.5, 0.6) is 0 Å². The summed E-state index contributed by atoms with van der Waals surface area (Å²) in [6.07, 6.45) is 6.21. The molecule has 1 saturated carbocycles. The van der Waals surface area contributed by atoms with Crippen molar-refractivity contribution in [3.05, 3.63) is 0 Å². The molecule has 0 saturated heterocycles. The van der Waals surface area contributed by atoms with Gasteiger partial charge < -0.3 is 17.2 Å². The van der Waals surface area contributed by atoms with Gasteiger partial charge in [-0.15, -0.1) is 0 Å². The summed E-state index contributed by atoms with van der Waals surface area (Å²) >= 11 is 0. The largest absolute Gasteiger partial charge is 0.330 e. The van der Waals surface area contributed by atoms with Crippen LogP contribution in [0.25, 0.3) is 0 Å². The van der Waals surface area contributed by atoms with Crippen LogP contribution in [-0.2, 0) is 0 Å². The quantitative estimate of drug-likeness (QED) is 0.609. The molecule has 1 aliphatic rings. The van der Waals surface area contributed by atoms with Crippen LogP contribution in [0.4, 0.5) is 0 Å². The second-order valence-electron chi connectivity index (χ2n) is 4.60. The lowest BCUT2D eigenvalue weighted by Gasteiger charge is -2.35. The average molecular weight is 199 g/mol. The summed E-state index contributed by atoms with van der Waals surface area (Å²) in [7, 11) is 0. The molecule has 6 N–H and O–H groups in total. The molecule has 0 aliphatic heterocycles. The molecule has 0 aromatic carbocycles. The van der Waals surface area contributed by atoms with E-state index in [1.54, 1.807) is 0 Å². The molecule has 84 valence electrons. The van der Waals surface area contributed by atoms with Crippen LogP contribution in [0.15, 0.2) is 0 Å². The molecule has 3 heteroatoms. The highest BCUT2D eigenvalue weighted by molar-refractivity contribution is 4.81. The molecule has 1 rings (SSSR count). The van der Waals surface area contributed by atoms with Gasteiger partial charge in [-0.25, -0.2) is 0 Å². The van der Waals surface area contributed by atoms with Gasteiger partial charge in [-0.3, -0.25) is 0 Å². The Balaban J connectivity index is 2.38. The summed E-state index contributed by atoms with van der Waals surface area (Å²) in [5.41, 5.74) is 17.1. The molecular formula is C11H25N3. The van der Waals surface area contributed by atoms with Crippen LogP contribution >= 0.6 is 0 Å². The van der Waals surface area contributed by atoms with Crippen LogP contribution in [0.1, 0.15) is 32.1 Å².